The smallest absolute Gasteiger partial charge is 0.226 e. The van der Waals surface area contributed by atoms with Crippen molar-refractivity contribution in [3.63, 3.8) is 0 Å². The van der Waals surface area contributed by atoms with Crippen molar-refractivity contribution in [3.8, 4) is 0 Å². The van der Waals surface area contributed by atoms with E-state index in [1.807, 2.05) is 19.2 Å². The highest BCUT2D eigenvalue weighted by molar-refractivity contribution is 5.79. The Bertz CT molecular complexity index is 285. The first kappa shape index (κ1) is 9.44. The van der Waals surface area contributed by atoms with Crippen molar-refractivity contribution in [2.45, 2.75) is 32.2 Å². The highest BCUT2D eigenvalue weighted by atomic mass is 16.2. The number of fused-ring (bicyclic) bond motifs is 1. The molecule has 3 nitrogen and oxygen atoms in total. The maximum Gasteiger partial charge on any atom is 0.226 e. The van der Waals surface area contributed by atoms with Crippen LogP contribution in [0, 0.1) is 11.8 Å². The Morgan fingerprint density at radius 3 is 3.07 bits per heavy atom. The maximum atomic E-state index is 11.6. The molecule has 3 atom stereocenters. The summed E-state index contributed by atoms with van der Waals surface area (Å²) in [5, 5.41) is 0. The van der Waals surface area contributed by atoms with Gasteiger partial charge in [-0.2, -0.15) is 0 Å². The van der Waals surface area contributed by atoms with Crippen LogP contribution in [0.4, 0.5) is 0 Å². The van der Waals surface area contributed by atoms with Crippen LogP contribution in [0.25, 0.3) is 0 Å². The average Bonchev–Trinajstić information content (AvgIpc) is 2.18. The van der Waals surface area contributed by atoms with Gasteiger partial charge in [0.1, 0.15) is 6.29 Å². The number of hydrogen-bond donors (Lipinski definition) is 0. The molecule has 1 fully saturated rings. The monoisotopic (exact) mass is 193 g/mol. The van der Waals surface area contributed by atoms with Gasteiger partial charge in [-0.15, -0.1) is 0 Å². The third kappa shape index (κ3) is 1.37. The van der Waals surface area contributed by atoms with E-state index >= 15 is 0 Å². The first-order valence-corrected chi connectivity index (χ1v) is 5.19. The zero-order valence-electron chi connectivity index (χ0n) is 8.35. The lowest BCUT2D eigenvalue weighted by Crippen LogP contribution is -2.48. The first-order chi connectivity index (χ1) is 6.74. The van der Waals surface area contributed by atoms with Crippen molar-refractivity contribution in [3.05, 3.63) is 12.3 Å². The highest BCUT2D eigenvalue weighted by Gasteiger charge is 2.37. The average molecular weight is 193 g/mol. The molecule has 2 heterocycles. The molecular formula is C11H15NO2. The molecule has 2 rings (SSSR count). The van der Waals surface area contributed by atoms with Gasteiger partial charge in [0, 0.05) is 24.6 Å². The summed E-state index contributed by atoms with van der Waals surface area (Å²) in [5.41, 5.74) is 0. The zero-order valence-corrected chi connectivity index (χ0v) is 8.35. The highest BCUT2D eigenvalue weighted by Crippen LogP contribution is 2.32. The number of aldehydes is 1. The normalized spacial score (nSPS) is 36.8. The van der Waals surface area contributed by atoms with Gasteiger partial charge in [0.15, 0.2) is 0 Å². The van der Waals surface area contributed by atoms with Crippen molar-refractivity contribution in [1.29, 1.82) is 0 Å². The van der Waals surface area contributed by atoms with E-state index in [0.717, 1.165) is 19.1 Å². The number of amides is 1. The standard InChI is InChI=1S/C11H15NO2/c1-8-5-6-12-10(9(8)7-13)3-2-4-11(12)14/h5-10H,2-4H2,1H3/t8-,9?,10-/m1/s1. The minimum atomic E-state index is -0.00995. The molecule has 1 amide bonds. The molecule has 0 N–H and O–H groups in total. The first-order valence-electron chi connectivity index (χ1n) is 5.19. The molecule has 3 heteroatoms. The van der Waals surface area contributed by atoms with Gasteiger partial charge in [-0.3, -0.25) is 4.79 Å². The van der Waals surface area contributed by atoms with Crippen LogP contribution in [0.5, 0.6) is 0 Å². The van der Waals surface area contributed by atoms with Gasteiger partial charge in [-0.1, -0.05) is 13.0 Å². The van der Waals surface area contributed by atoms with Crippen molar-refractivity contribution in [1.82, 2.24) is 4.90 Å². The molecule has 0 aromatic heterocycles. The number of hydrogen-bond acceptors (Lipinski definition) is 2. The molecule has 0 saturated carbocycles. The topological polar surface area (TPSA) is 37.4 Å². The van der Waals surface area contributed by atoms with Crippen LogP contribution >= 0.6 is 0 Å². The second-order valence-electron chi connectivity index (χ2n) is 4.17. The molecule has 2 aliphatic heterocycles. The third-order valence-electron chi connectivity index (χ3n) is 3.29. The summed E-state index contributed by atoms with van der Waals surface area (Å²) in [7, 11) is 0. The number of piperidine rings is 1. The minimum absolute atomic E-state index is 0.00995. The van der Waals surface area contributed by atoms with Gasteiger partial charge in [-0.05, 0) is 18.8 Å². The summed E-state index contributed by atoms with van der Waals surface area (Å²) in [6.07, 6.45) is 7.33. The van der Waals surface area contributed by atoms with Crippen molar-refractivity contribution < 1.29 is 9.59 Å². The zero-order chi connectivity index (χ0) is 10.1. The van der Waals surface area contributed by atoms with Gasteiger partial charge in [0.25, 0.3) is 0 Å². The van der Waals surface area contributed by atoms with E-state index in [-0.39, 0.29) is 23.8 Å². The van der Waals surface area contributed by atoms with Gasteiger partial charge in [0.2, 0.25) is 5.91 Å². The number of carbonyl (C=O) groups excluding carboxylic acids is 2. The van der Waals surface area contributed by atoms with E-state index in [2.05, 4.69) is 0 Å². The fourth-order valence-corrected chi connectivity index (χ4v) is 2.41. The van der Waals surface area contributed by atoms with E-state index in [1.165, 1.54) is 0 Å². The molecule has 2 aliphatic rings. The quantitative estimate of drug-likeness (QED) is 0.589. The second-order valence-corrected chi connectivity index (χ2v) is 4.17. The molecule has 0 radical (unpaired) electrons. The molecule has 0 aliphatic carbocycles. The fraction of sp³-hybridized carbons (Fsp3) is 0.636. The number of carbonyl (C=O) groups is 2. The molecule has 0 aromatic rings. The Morgan fingerprint density at radius 2 is 2.36 bits per heavy atom. The summed E-state index contributed by atoms with van der Waals surface area (Å²) in [6.45, 7) is 2.03. The molecule has 76 valence electrons. The maximum absolute atomic E-state index is 11.6. The Hall–Kier alpha value is -1.12. The van der Waals surface area contributed by atoms with Crippen LogP contribution in [-0.4, -0.2) is 23.1 Å². The Labute approximate surface area is 83.8 Å². The number of allylic oxidation sites excluding steroid dienone is 1. The van der Waals surface area contributed by atoms with Crippen LogP contribution in [0.1, 0.15) is 26.2 Å². The minimum Gasteiger partial charge on any atom is -0.316 e. The number of rotatable bonds is 1. The van der Waals surface area contributed by atoms with E-state index in [4.69, 9.17) is 0 Å². The molecule has 1 saturated heterocycles. The van der Waals surface area contributed by atoms with Crippen molar-refractivity contribution in [2.24, 2.45) is 11.8 Å². The lowest BCUT2D eigenvalue weighted by Gasteiger charge is -2.41. The fourth-order valence-electron chi connectivity index (χ4n) is 2.41. The molecule has 0 spiro atoms. The van der Waals surface area contributed by atoms with Crippen molar-refractivity contribution >= 4 is 12.2 Å². The van der Waals surface area contributed by atoms with Crippen LogP contribution < -0.4 is 0 Å². The van der Waals surface area contributed by atoms with Crippen LogP contribution in [0.3, 0.4) is 0 Å². The largest absolute Gasteiger partial charge is 0.316 e. The predicted octanol–water partition coefficient (Wildman–Crippen LogP) is 1.35. The lowest BCUT2D eigenvalue weighted by atomic mass is 9.80. The molecule has 14 heavy (non-hydrogen) atoms. The summed E-state index contributed by atoms with van der Waals surface area (Å²) in [4.78, 5) is 24.3. The van der Waals surface area contributed by atoms with Crippen molar-refractivity contribution in [2.75, 3.05) is 0 Å². The molecule has 0 bridgehead atoms. The Balaban J connectivity index is 2.27. The van der Waals surface area contributed by atoms with Crippen LogP contribution in [-0.2, 0) is 9.59 Å². The summed E-state index contributed by atoms with van der Waals surface area (Å²) >= 11 is 0. The van der Waals surface area contributed by atoms with Crippen LogP contribution in [0.15, 0.2) is 12.3 Å². The van der Waals surface area contributed by atoms with E-state index in [9.17, 15) is 9.59 Å². The second kappa shape index (κ2) is 3.56. The SMILES string of the molecule is C[C@@H]1C=CN2C(=O)CCC[C@@H]2C1C=O. The number of nitrogens with zero attached hydrogens (tertiary/aromatic N) is 1. The van der Waals surface area contributed by atoms with Crippen LogP contribution in [0.2, 0.25) is 0 Å². The van der Waals surface area contributed by atoms with E-state index < -0.39 is 0 Å². The third-order valence-corrected chi connectivity index (χ3v) is 3.29. The summed E-state index contributed by atoms with van der Waals surface area (Å²) in [6, 6.07) is 0.119. The summed E-state index contributed by atoms with van der Waals surface area (Å²) in [5.74, 6) is 0.417. The molecule has 1 unspecified atom stereocenters. The van der Waals surface area contributed by atoms with Gasteiger partial charge in [0.05, 0.1) is 0 Å². The predicted molar refractivity (Wildman–Crippen MR) is 52.3 cm³/mol. The molecular weight excluding hydrogens is 178 g/mol. The van der Waals surface area contributed by atoms with Gasteiger partial charge in [-0.25, -0.2) is 0 Å². The Morgan fingerprint density at radius 1 is 1.57 bits per heavy atom. The van der Waals surface area contributed by atoms with E-state index in [1.54, 1.807) is 4.90 Å². The summed E-state index contributed by atoms with van der Waals surface area (Å²) < 4.78 is 0. The lowest BCUT2D eigenvalue weighted by molar-refractivity contribution is -0.136. The Kier molecular flexibility index (Phi) is 2.40. The van der Waals surface area contributed by atoms with Gasteiger partial charge >= 0.3 is 0 Å². The molecule has 0 aromatic carbocycles. The van der Waals surface area contributed by atoms with Gasteiger partial charge < -0.3 is 9.69 Å². The van der Waals surface area contributed by atoms with E-state index in [0.29, 0.717) is 6.42 Å².